The molecule has 1 heterocycles. The number of hydrogen-bond donors (Lipinski definition) is 3. The van der Waals surface area contributed by atoms with E-state index in [4.69, 9.17) is 11.6 Å². The molecule has 1 aliphatic heterocycles. The lowest BCUT2D eigenvalue weighted by Crippen LogP contribution is -2.45. The molecule has 24 heavy (non-hydrogen) atoms. The van der Waals surface area contributed by atoms with E-state index in [1.54, 1.807) is 14.1 Å². The molecule has 0 aromatic heterocycles. The molecule has 2 unspecified atom stereocenters. The number of amides is 2. The van der Waals surface area contributed by atoms with Crippen molar-refractivity contribution in [2.75, 3.05) is 33.7 Å². The molecule has 2 atom stereocenters. The van der Waals surface area contributed by atoms with Crippen molar-refractivity contribution in [3.63, 3.8) is 0 Å². The Labute approximate surface area is 149 Å². The van der Waals surface area contributed by atoms with Gasteiger partial charge in [0.05, 0.1) is 5.60 Å². The van der Waals surface area contributed by atoms with Gasteiger partial charge in [0, 0.05) is 38.1 Å². The zero-order valence-corrected chi connectivity index (χ0v) is 15.3. The minimum atomic E-state index is -0.929. The summed E-state index contributed by atoms with van der Waals surface area (Å²) < 4.78 is 0. The second kappa shape index (κ2) is 8.70. The van der Waals surface area contributed by atoms with Crippen LogP contribution in [0.5, 0.6) is 0 Å². The molecule has 2 rings (SSSR count). The molecule has 1 aliphatic rings. The Morgan fingerprint density at radius 2 is 2.29 bits per heavy atom. The van der Waals surface area contributed by atoms with Crippen LogP contribution in [0.1, 0.15) is 31.2 Å². The van der Waals surface area contributed by atoms with Crippen LogP contribution in [0.2, 0.25) is 5.02 Å². The first kappa shape index (κ1) is 19.0. The SMILES string of the molecule is CN(C)C(=O)NCCCC(O)(c1cccc(Cl)c1)C1CCCNC1. The van der Waals surface area contributed by atoms with E-state index in [0.717, 1.165) is 31.5 Å². The van der Waals surface area contributed by atoms with Crippen LogP contribution in [0.4, 0.5) is 4.79 Å². The number of aliphatic hydroxyl groups is 1. The van der Waals surface area contributed by atoms with Gasteiger partial charge in [-0.15, -0.1) is 0 Å². The summed E-state index contributed by atoms with van der Waals surface area (Å²) in [6.07, 6.45) is 3.34. The molecule has 1 saturated heterocycles. The van der Waals surface area contributed by atoms with E-state index in [-0.39, 0.29) is 11.9 Å². The van der Waals surface area contributed by atoms with Crippen LogP contribution in [0.25, 0.3) is 0 Å². The number of urea groups is 1. The molecule has 134 valence electrons. The largest absolute Gasteiger partial charge is 0.385 e. The van der Waals surface area contributed by atoms with Gasteiger partial charge >= 0.3 is 6.03 Å². The van der Waals surface area contributed by atoms with Crippen LogP contribution in [-0.2, 0) is 5.60 Å². The van der Waals surface area contributed by atoms with Crippen molar-refractivity contribution in [3.05, 3.63) is 34.9 Å². The Bertz CT molecular complexity index is 547. The highest BCUT2D eigenvalue weighted by Crippen LogP contribution is 2.38. The van der Waals surface area contributed by atoms with Crippen molar-refractivity contribution in [3.8, 4) is 0 Å². The molecule has 0 bridgehead atoms. The standard InChI is InChI=1S/C18H28ClN3O2/c1-22(2)17(23)21-11-5-9-18(24,15-7-4-10-20-13-15)14-6-3-8-16(19)12-14/h3,6,8,12,15,20,24H,4-5,7,9-11,13H2,1-2H3,(H,21,23). The topological polar surface area (TPSA) is 64.6 Å². The molecule has 0 radical (unpaired) electrons. The Hall–Kier alpha value is -1.30. The van der Waals surface area contributed by atoms with Gasteiger partial charge in [-0.05, 0) is 49.9 Å². The van der Waals surface area contributed by atoms with E-state index in [2.05, 4.69) is 10.6 Å². The number of nitrogens with one attached hydrogen (secondary N) is 2. The van der Waals surface area contributed by atoms with Crippen molar-refractivity contribution in [2.45, 2.75) is 31.3 Å². The van der Waals surface area contributed by atoms with Crippen molar-refractivity contribution < 1.29 is 9.90 Å². The average Bonchev–Trinajstić information content (AvgIpc) is 2.59. The van der Waals surface area contributed by atoms with Gasteiger partial charge in [0.1, 0.15) is 0 Å². The number of rotatable bonds is 6. The first-order valence-electron chi connectivity index (χ1n) is 8.58. The van der Waals surface area contributed by atoms with Gasteiger partial charge in [0.15, 0.2) is 0 Å². The van der Waals surface area contributed by atoms with Crippen LogP contribution < -0.4 is 10.6 Å². The number of halogens is 1. The fraction of sp³-hybridized carbons (Fsp3) is 0.611. The summed E-state index contributed by atoms with van der Waals surface area (Å²) >= 11 is 6.14. The van der Waals surface area contributed by atoms with Crippen LogP contribution in [0, 0.1) is 5.92 Å². The summed E-state index contributed by atoms with van der Waals surface area (Å²) in [5.74, 6) is 0.147. The number of benzene rings is 1. The average molecular weight is 354 g/mol. The number of carbonyl (C=O) groups excluding carboxylic acids is 1. The number of hydrogen-bond acceptors (Lipinski definition) is 3. The van der Waals surface area contributed by atoms with Crippen molar-refractivity contribution >= 4 is 17.6 Å². The summed E-state index contributed by atoms with van der Waals surface area (Å²) in [4.78, 5) is 13.1. The second-order valence-electron chi connectivity index (χ2n) is 6.71. The zero-order chi connectivity index (χ0) is 17.6. The highest BCUT2D eigenvalue weighted by molar-refractivity contribution is 6.30. The Morgan fingerprint density at radius 1 is 1.50 bits per heavy atom. The van der Waals surface area contributed by atoms with Crippen molar-refractivity contribution in [2.24, 2.45) is 5.92 Å². The number of piperidine rings is 1. The van der Waals surface area contributed by atoms with E-state index in [1.165, 1.54) is 4.90 Å². The highest BCUT2D eigenvalue weighted by atomic mass is 35.5. The Balaban J connectivity index is 2.06. The van der Waals surface area contributed by atoms with Gasteiger partial charge in [-0.1, -0.05) is 23.7 Å². The van der Waals surface area contributed by atoms with E-state index >= 15 is 0 Å². The van der Waals surface area contributed by atoms with Gasteiger partial charge in [0.25, 0.3) is 0 Å². The fourth-order valence-electron chi connectivity index (χ4n) is 3.31. The normalized spacial score (nSPS) is 20.2. The summed E-state index contributed by atoms with van der Waals surface area (Å²) in [6.45, 7) is 2.34. The molecule has 1 fully saturated rings. The smallest absolute Gasteiger partial charge is 0.316 e. The number of nitrogens with zero attached hydrogens (tertiary/aromatic N) is 1. The zero-order valence-electron chi connectivity index (χ0n) is 14.5. The quantitative estimate of drug-likeness (QED) is 0.689. The fourth-order valence-corrected chi connectivity index (χ4v) is 3.50. The third-order valence-electron chi connectivity index (χ3n) is 4.71. The van der Waals surface area contributed by atoms with Crippen LogP contribution in [-0.4, -0.2) is 49.8 Å². The maximum absolute atomic E-state index is 11.6. The van der Waals surface area contributed by atoms with E-state index in [0.29, 0.717) is 24.4 Å². The lowest BCUT2D eigenvalue weighted by atomic mass is 9.74. The maximum Gasteiger partial charge on any atom is 0.316 e. The molecular weight excluding hydrogens is 326 g/mol. The minimum Gasteiger partial charge on any atom is -0.385 e. The summed E-state index contributed by atoms with van der Waals surface area (Å²) in [5.41, 5.74) is -0.0658. The molecule has 0 saturated carbocycles. The predicted molar refractivity (Wildman–Crippen MR) is 97.3 cm³/mol. The molecule has 0 aliphatic carbocycles. The number of carbonyl (C=O) groups is 1. The van der Waals surface area contributed by atoms with Gasteiger partial charge < -0.3 is 20.6 Å². The predicted octanol–water partition coefficient (Wildman–Crippen LogP) is 2.58. The summed E-state index contributed by atoms with van der Waals surface area (Å²) in [5, 5.41) is 18.4. The first-order valence-corrected chi connectivity index (χ1v) is 8.95. The van der Waals surface area contributed by atoms with E-state index in [1.807, 2.05) is 24.3 Å². The lowest BCUT2D eigenvalue weighted by molar-refractivity contribution is -0.0420. The van der Waals surface area contributed by atoms with Gasteiger partial charge in [-0.25, -0.2) is 4.79 Å². The highest BCUT2D eigenvalue weighted by Gasteiger charge is 2.38. The summed E-state index contributed by atoms with van der Waals surface area (Å²) in [6, 6.07) is 7.39. The maximum atomic E-state index is 11.6. The third-order valence-corrected chi connectivity index (χ3v) is 4.95. The van der Waals surface area contributed by atoms with Crippen molar-refractivity contribution in [1.82, 2.24) is 15.5 Å². The molecule has 1 aromatic carbocycles. The van der Waals surface area contributed by atoms with E-state index < -0.39 is 5.60 Å². The molecule has 5 nitrogen and oxygen atoms in total. The molecular formula is C18H28ClN3O2. The molecule has 1 aromatic rings. The molecule has 6 heteroatoms. The van der Waals surface area contributed by atoms with E-state index in [9.17, 15) is 9.90 Å². The molecule has 0 spiro atoms. The lowest BCUT2D eigenvalue weighted by Gasteiger charge is -2.39. The monoisotopic (exact) mass is 353 g/mol. The molecule has 2 amide bonds. The Kier molecular flexibility index (Phi) is 6.90. The van der Waals surface area contributed by atoms with Gasteiger partial charge in [0.2, 0.25) is 0 Å². The van der Waals surface area contributed by atoms with Gasteiger partial charge in [-0.3, -0.25) is 0 Å². The third kappa shape index (κ3) is 4.85. The van der Waals surface area contributed by atoms with Crippen molar-refractivity contribution in [1.29, 1.82) is 0 Å². The second-order valence-corrected chi connectivity index (χ2v) is 7.14. The van der Waals surface area contributed by atoms with Gasteiger partial charge in [-0.2, -0.15) is 0 Å². The summed E-state index contributed by atoms with van der Waals surface area (Å²) in [7, 11) is 3.43. The minimum absolute atomic E-state index is 0.111. The van der Waals surface area contributed by atoms with Crippen LogP contribution in [0.15, 0.2) is 24.3 Å². The molecule has 3 N–H and O–H groups in total. The van der Waals surface area contributed by atoms with Crippen LogP contribution in [0.3, 0.4) is 0 Å². The Morgan fingerprint density at radius 3 is 2.92 bits per heavy atom. The first-order chi connectivity index (χ1) is 11.4. The van der Waals surface area contributed by atoms with Crippen LogP contribution >= 0.6 is 11.6 Å².